The predicted molar refractivity (Wildman–Crippen MR) is 171 cm³/mol. The summed E-state index contributed by atoms with van der Waals surface area (Å²) < 4.78 is 6.62. The van der Waals surface area contributed by atoms with Crippen LogP contribution < -0.4 is 9.64 Å². The number of pyridine rings is 1. The number of rotatable bonds is 5. The zero-order valence-electron chi connectivity index (χ0n) is 24.6. The number of nitrogens with zero attached hydrogens (tertiary/aromatic N) is 3. The summed E-state index contributed by atoms with van der Waals surface area (Å²) in [6, 6.07) is 41.0. The van der Waals surface area contributed by atoms with Crippen molar-refractivity contribution >= 4 is 5.69 Å². The molecule has 1 aliphatic heterocycles. The smallest absolute Gasteiger partial charge is 0.219 e. The van der Waals surface area contributed by atoms with Crippen LogP contribution in [-0.4, -0.2) is 23.6 Å². The molecule has 0 saturated heterocycles. The number of hydrogen-bond donors (Lipinski definition) is 0. The van der Waals surface area contributed by atoms with Crippen molar-refractivity contribution in [3.05, 3.63) is 156 Å². The molecule has 2 heterocycles. The van der Waals surface area contributed by atoms with Crippen LogP contribution in [0.2, 0.25) is 0 Å². The minimum absolute atomic E-state index is 0.113. The molecule has 208 valence electrons. The Morgan fingerprint density at radius 3 is 2.02 bits per heavy atom. The zero-order chi connectivity index (χ0) is 28.9. The summed E-state index contributed by atoms with van der Waals surface area (Å²) in [5.41, 5.74) is 8.71. The summed E-state index contributed by atoms with van der Waals surface area (Å²) in [6.07, 6.45) is 4.17. The molecule has 4 aromatic carbocycles. The monoisotopic (exact) mass is 549 g/mol. The van der Waals surface area contributed by atoms with Gasteiger partial charge in [-0.3, -0.25) is 0 Å². The van der Waals surface area contributed by atoms with Crippen molar-refractivity contribution in [2.45, 2.75) is 31.6 Å². The number of aromatic nitrogens is 1. The minimum Gasteiger partial charge on any atom is -0.439 e. The van der Waals surface area contributed by atoms with Crippen LogP contribution in [0.5, 0.6) is 11.6 Å². The van der Waals surface area contributed by atoms with E-state index in [0.717, 1.165) is 23.8 Å². The first-order valence-corrected chi connectivity index (χ1v) is 14.5. The maximum atomic E-state index is 6.62. The second-order valence-corrected chi connectivity index (χ2v) is 12.3. The third-order valence-corrected chi connectivity index (χ3v) is 8.46. The van der Waals surface area contributed by atoms with Crippen LogP contribution in [0.15, 0.2) is 128 Å². The van der Waals surface area contributed by atoms with Crippen molar-refractivity contribution in [2.24, 2.45) is 0 Å². The van der Waals surface area contributed by atoms with Gasteiger partial charge in [-0.25, -0.2) is 4.98 Å². The first-order chi connectivity index (χ1) is 20.3. The highest BCUT2D eigenvalue weighted by Gasteiger charge is 2.47. The third-order valence-electron chi connectivity index (χ3n) is 8.46. The van der Waals surface area contributed by atoms with Gasteiger partial charge < -0.3 is 14.5 Å². The number of benzene rings is 4. The van der Waals surface area contributed by atoms with Crippen LogP contribution in [0.1, 0.15) is 48.7 Å². The highest BCUT2D eigenvalue weighted by Crippen LogP contribution is 2.56. The Bertz CT molecular complexity index is 1760. The fraction of sp³-hybridized carbons (Fsp3) is 0.184. The van der Waals surface area contributed by atoms with Crippen molar-refractivity contribution in [1.29, 1.82) is 0 Å². The summed E-state index contributed by atoms with van der Waals surface area (Å²) >= 11 is 0. The fourth-order valence-electron chi connectivity index (χ4n) is 6.38. The molecule has 0 saturated carbocycles. The Hall–Kier alpha value is -4.83. The molecular weight excluding hydrogens is 514 g/mol. The third kappa shape index (κ3) is 4.26. The quantitative estimate of drug-likeness (QED) is 0.215. The van der Waals surface area contributed by atoms with Crippen LogP contribution in [-0.2, 0) is 10.8 Å². The lowest BCUT2D eigenvalue weighted by atomic mass is 9.69. The lowest BCUT2D eigenvalue weighted by Gasteiger charge is -2.34. The molecule has 1 aliphatic carbocycles. The minimum atomic E-state index is -0.583. The van der Waals surface area contributed by atoms with Gasteiger partial charge in [0.25, 0.3) is 0 Å². The number of hydrogen-bond acceptors (Lipinski definition) is 4. The van der Waals surface area contributed by atoms with Crippen LogP contribution in [0.3, 0.4) is 0 Å². The van der Waals surface area contributed by atoms with Crippen LogP contribution >= 0.6 is 0 Å². The van der Waals surface area contributed by atoms with Gasteiger partial charge in [-0.2, -0.15) is 0 Å². The molecule has 0 atom stereocenters. The molecule has 2 aliphatic rings. The number of ether oxygens (including phenoxy) is 1. The zero-order valence-corrected chi connectivity index (χ0v) is 24.6. The van der Waals surface area contributed by atoms with E-state index < -0.39 is 5.41 Å². The van der Waals surface area contributed by atoms with Gasteiger partial charge in [0, 0.05) is 37.3 Å². The molecule has 0 fully saturated rings. The maximum Gasteiger partial charge on any atom is 0.219 e. The van der Waals surface area contributed by atoms with E-state index in [1.165, 1.54) is 33.4 Å². The van der Waals surface area contributed by atoms with Crippen molar-refractivity contribution in [1.82, 2.24) is 9.88 Å². The van der Waals surface area contributed by atoms with E-state index in [9.17, 15) is 0 Å². The largest absolute Gasteiger partial charge is 0.439 e. The normalized spacial score (nSPS) is 15.0. The van der Waals surface area contributed by atoms with Gasteiger partial charge in [0.1, 0.15) is 5.75 Å². The first-order valence-electron chi connectivity index (χ1n) is 14.5. The Kier molecular flexibility index (Phi) is 6.16. The van der Waals surface area contributed by atoms with Gasteiger partial charge in [0.15, 0.2) is 0 Å². The molecule has 0 amide bonds. The topological polar surface area (TPSA) is 28.6 Å². The molecule has 4 heteroatoms. The second-order valence-electron chi connectivity index (χ2n) is 12.3. The lowest BCUT2D eigenvalue weighted by Crippen LogP contribution is -2.30. The van der Waals surface area contributed by atoms with Crippen molar-refractivity contribution in [3.63, 3.8) is 0 Å². The van der Waals surface area contributed by atoms with E-state index in [1.807, 2.05) is 12.1 Å². The molecule has 4 nitrogen and oxygen atoms in total. The highest BCUT2D eigenvalue weighted by molar-refractivity contribution is 5.85. The van der Waals surface area contributed by atoms with E-state index in [0.29, 0.717) is 5.88 Å². The van der Waals surface area contributed by atoms with Gasteiger partial charge in [0.2, 0.25) is 5.88 Å². The van der Waals surface area contributed by atoms with Gasteiger partial charge in [-0.1, -0.05) is 106 Å². The Labute approximate surface area is 248 Å². The Balaban J connectivity index is 1.44. The summed E-state index contributed by atoms with van der Waals surface area (Å²) in [7, 11) is 2.07. The van der Waals surface area contributed by atoms with Crippen molar-refractivity contribution in [3.8, 4) is 22.8 Å². The summed E-state index contributed by atoms with van der Waals surface area (Å²) in [5.74, 6) is 1.36. The standard InChI is InChI=1S/C38H35N3O/c1-37(2,3)28-23-35(39-36(24-28)42-30-16-12-15-29(25-30)41-22-21-40(4)26-41)38(27-13-6-5-7-14-27)33-19-10-8-17-31(33)32-18-9-11-20-34(32)38/h5-25H,26H2,1-4H3. The summed E-state index contributed by atoms with van der Waals surface area (Å²) in [5, 5.41) is 0. The summed E-state index contributed by atoms with van der Waals surface area (Å²) in [6.45, 7) is 7.55. The molecule has 7 rings (SSSR count). The molecule has 1 aromatic heterocycles. The predicted octanol–water partition coefficient (Wildman–Crippen LogP) is 8.72. The molecule has 0 radical (unpaired) electrons. The lowest BCUT2D eigenvalue weighted by molar-refractivity contribution is 0.453. The molecule has 0 unspecified atom stereocenters. The number of anilines is 1. The second kappa shape index (κ2) is 9.92. The first kappa shape index (κ1) is 26.1. The Morgan fingerprint density at radius 1 is 0.714 bits per heavy atom. The average molecular weight is 550 g/mol. The molecule has 0 bridgehead atoms. The van der Waals surface area contributed by atoms with Crippen LogP contribution in [0.4, 0.5) is 5.69 Å². The fourth-order valence-corrected chi connectivity index (χ4v) is 6.38. The van der Waals surface area contributed by atoms with E-state index in [-0.39, 0.29) is 5.41 Å². The van der Waals surface area contributed by atoms with Gasteiger partial charge in [0.05, 0.1) is 17.8 Å². The maximum absolute atomic E-state index is 6.62. The van der Waals surface area contributed by atoms with E-state index in [2.05, 4.69) is 153 Å². The summed E-state index contributed by atoms with van der Waals surface area (Å²) in [4.78, 5) is 9.70. The van der Waals surface area contributed by atoms with E-state index in [4.69, 9.17) is 9.72 Å². The van der Waals surface area contributed by atoms with Gasteiger partial charge >= 0.3 is 0 Å². The van der Waals surface area contributed by atoms with E-state index in [1.54, 1.807) is 0 Å². The molecule has 0 N–H and O–H groups in total. The Morgan fingerprint density at radius 2 is 1.38 bits per heavy atom. The highest BCUT2D eigenvalue weighted by atomic mass is 16.5. The van der Waals surface area contributed by atoms with Gasteiger partial charge in [-0.15, -0.1) is 0 Å². The van der Waals surface area contributed by atoms with Crippen molar-refractivity contribution in [2.75, 3.05) is 18.6 Å². The molecule has 0 spiro atoms. The average Bonchev–Trinajstić information content (AvgIpc) is 3.57. The van der Waals surface area contributed by atoms with Crippen LogP contribution in [0.25, 0.3) is 11.1 Å². The SMILES string of the molecule is CN1C=CN(c2cccc(Oc3cc(C(C)(C)C)cc(C4(c5ccccc5)c5ccccc5-c5ccccc54)n3)c2)C1. The van der Waals surface area contributed by atoms with Crippen molar-refractivity contribution < 1.29 is 4.74 Å². The molecular formula is C38H35N3O. The molecule has 42 heavy (non-hydrogen) atoms. The van der Waals surface area contributed by atoms with Crippen LogP contribution in [0, 0.1) is 0 Å². The van der Waals surface area contributed by atoms with Gasteiger partial charge in [-0.05, 0) is 57.0 Å². The molecule has 5 aromatic rings. The number of fused-ring (bicyclic) bond motifs is 3. The van der Waals surface area contributed by atoms with E-state index >= 15 is 0 Å².